The molecule has 12 heavy (non-hydrogen) atoms. The fraction of sp³-hybridized carbons (Fsp3) is 0.222. The molecule has 0 aliphatic heterocycles. The Kier molecular flexibility index (Phi) is 4.66. The Hall–Kier alpha value is -1.40. The van der Waals surface area contributed by atoms with Crippen LogP contribution in [0.15, 0.2) is 35.7 Å². The Morgan fingerprint density at radius 3 is 2.67 bits per heavy atom. The number of rotatable bonds is 3. The van der Waals surface area contributed by atoms with Crippen LogP contribution in [0.3, 0.4) is 0 Å². The molecule has 0 saturated heterocycles. The van der Waals surface area contributed by atoms with Crippen molar-refractivity contribution in [3.8, 4) is 6.07 Å². The third-order valence-electron chi connectivity index (χ3n) is 1.28. The van der Waals surface area contributed by atoms with Gasteiger partial charge in [-0.05, 0) is 19.1 Å². The third kappa shape index (κ3) is 3.13. The van der Waals surface area contributed by atoms with Gasteiger partial charge in [-0.3, -0.25) is 0 Å². The first-order valence-electron chi connectivity index (χ1n) is 3.45. The Balaban J connectivity index is 4.80. The predicted octanol–water partition coefficient (Wildman–Crippen LogP) is 1.82. The van der Waals surface area contributed by atoms with Crippen molar-refractivity contribution in [2.75, 3.05) is 6.54 Å². The van der Waals surface area contributed by atoms with Crippen LogP contribution in [0.5, 0.6) is 0 Å². The topological polar surface area (TPSA) is 49.8 Å². The van der Waals surface area contributed by atoms with Gasteiger partial charge in [0.15, 0.2) is 0 Å². The molecule has 0 aromatic heterocycles. The standard InChI is InChI=1S/C9H11FN2/c1-3-8(6-12)9(10)4-7(2)5-11/h3-4H,1,5,11H2,2H3/b7-4-,9-8-. The van der Waals surface area contributed by atoms with Crippen molar-refractivity contribution in [3.05, 3.63) is 35.7 Å². The fourth-order valence-corrected chi connectivity index (χ4v) is 0.550. The van der Waals surface area contributed by atoms with Crippen molar-refractivity contribution in [1.82, 2.24) is 0 Å². The maximum atomic E-state index is 13.0. The monoisotopic (exact) mass is 166 g/mol. The molecule has 0 amide bonds. The zero-order valence-electron chi connectivity index (χ0n) is 6.97. The smallest absolute Gasteiger partial charge is 0.140 e. The molecule has 64 valence electrons. The average Bonchev–Trinajstić information content (AvgIpc) is 2.06. The van der Waals surface area contributed by atoms with Crippen LogP contribution in [-0.2, 0) is 0 Å². The lowest BCUT2D eigenvalue weighted by Crippen LogP contribution is -1.99. The van der Waals surface area contributed by atoms with Gasteiger partial charge in [0.25, 0.3) is 0 Å². The maximum Gasteiger partial charge on any atom is 0.140 e. The molecule has 2 nitrogen and oxygen atoms in total. The van der Waals surface area contributed by atoms with Crippen LogP contribution >= 0.6 is 0 Å². The van der Waals surface area contributed by atoms with Gasteiger partial charge in [0, 0.05) is 6.54 Å². The van der Waals surface area contributed by atoms with Crippen molar-refractivity contribution in [1.29, 1.82) is 5.26 Å². The minimum Gasteiger partial charge on any atom is -0.327 e. The van der Waals surface area contributed by atoms with E-state index in [0.717, 1.165) is 0 Å². The van der Waals surface area contributed by atoms with Gasteiger partial charge in [-0.25, -0.2) is 4.39 Å². The minimum absolute atomic E-state index is 0.0669. The quantitative estimate of drug-likeness (QED) is 0.513. The first kappa shape index (κ1) is 10.6. The van der Waals surface area contributed by atoms with E-state index >= 15 is 0 Å². The van der Waals surface area contributed by atoms with E-state index in [0.29, 0.717) is 5.57 Å². The molecular formula is C9H11FN2. The lowest BCUT2D eigenvalue weighted by Gasteiger charge is -1.94. The highest BCUT2D eigenvalue weighted by Gasteiger charge is 1.98. The fourth-order valence-electron chi connectivity index (χ4n) is 0.550. The number of hydrogen-bond acceptors (Lipinski definition) is 2. The van der Waals surface area contributed by atoms with Crippen LogP contribution in [0.2, 0.25) is 0 Å². The van der Waals surface area contributed by atoms with Crippen molar-refractivity contribution in [3.63, 3.8) is 0 Å². The molecule has 0 aliphatic carbocycles. The lowest BCUT2D eigenvalue weighted by atomic mass is 10.2. The minimum atomic E-state index is -0.588. The van der Waals surface area contributed by atoms with Gasteiger partial charge in [-0.15, -0.1) is 0 Å². The molecule has 0 bridgehead atoms. The van der Waals surface area contributed by atoms with Crippen LogP contribution in [-0.4, -0.2) is 6.54 Å². The number of allylic oxidation sites excluding steroid dienone is 4. The van der Waals surface area contributed by atoms with E-state index in [2.05, 4.69) is 6.58 Å². The first-order valence-corrected chi connectivity index (χ1v) is 3.45. The molecule has 0 saturated carbocycles. The molecule has 0 rings (SSSR count). The molecule has 0 aromatic carbocycles. The van der Waals surface area contributed by atoms with Crippen molar-refractivity contribution in [2.45, 2.75) is 6.92 Å². The summed E-state index contributed by atoms with van der Waals surface area (Å²) in [5, 5.41) is 8.40. The van der Waals surface area contributed by atoms with Crippen LogP contribution in [0.25, 0.3) is 0 Å². The Morgan fingerprint density at radius 1 is 1.75 bits per heavy atom. The summed E-state index contributed by atoms with van der Waals surface area (Å²) in [6.07, 6.45) is 2.41. The summed E-state index contributed by atoms with van der Waals surface area (Å²) >= 11 is 0. The van der Waals surface area contributed by atoms with E-state index in [1.807, 2.05) is 0 Å². The molecule has 0 heterocycles. The molecule has 0 spiro atoms. The second kappa shape index (κ2) is 5.28. The average molecular weight is 166 g/mol. The summed E-state index contributed by atoms with van der Waals surface area (Å²) in [5.41, 5.74) is 5.85. The summed E-state index contributed by atoms with van der Waals surface area (Å²) in [5.74, 6) is -0.588. The van der Waals surface area contributed by atoms with Crippen LogP contribution in [0.1, 0.15) is 6.92 Å². The van der Waals surface area contributed by atoms with Crippen molar-refractivity contribution < 1.29 is 4.39 Å². The highest BCUT2D eigenvalue weighted by Crippen LogP contribution is 2.09. The van der Waals surface area contributed by atoms with Gasteiger partial charge in [-0.1, -0.05) is 12.2 Å². The molecule has 0 atom stereocenters. The normalized spacial score (nSPS) is 13.3. The van der Waals surface area contributed by atoms with E-state index in [-0.39, 0.29) is 12.1 Å². The Morgan fingerprint density at radius 2 is 2.33 bits per heavy atom. The van der Waals surface area contributed by atoms with E-state index < -0.39 is 5.83 Å². The highest BCUT2D eigenvalue weighted by atomic mass is 19.1. The van der Waals surface area contributed by atoms with Crippen molar-refractivity contribution >= 4 is 0 Å². The summed E-state index contributed by atoms with van der Waals surface area (Å²) in [4.78, 5) is 0. The Bertz CT molecular complexity index is 269. The number of nitriles is 1. The molecular weight excluding hydrogens is 155 g/mol. The number of nitrogens with two attached hydrogens (primary N) is 1. The van der Waals surface area contributed by atoms with E-state index in [1.54, 1.807) is 13.0 Å². The third-order valence-corrected chi connectivity index (χ3v) is 1.28. The first-order chi connectivity index (χ1) is 5.65. The lowest BCUT2D eigenvalue weighted by molar-refractivity contribution is 0.660. The van der Waals surface area contributed by atoms with Crippen molar-refractivity contribution in [2.24, 2.45) is 5.73 Å². The summed E-state index contributed by atoms with van der Waals surface area (Å²) in [6.45, 7) is 5.28. The Labute approximate surface area is 71.5 Å². The van der Waals surface area contributed by atoms with Gasteiger partial charge in [0.2, 0.25) is 0 Å². The van der Waals surface area contributed by atoms with Crippen LogP contribution in [0, 0.1) is 11.3 Å². The van der Waals surface area contributed by atoms with Gasteiger partial charge in [0.05, 0.1) is 5.57 Å². The van der Waals surface area contributed by atoms with Gasteiger partial charge in [0.1, 0.15) is 11.9 Å². The molecule has 2 N–H and O–H groups in total. The second-order valence-corrected chi connectivity index (χ2v) is 2.27. The summed E-state index contributed by atoms with van der Waals surface area (Å²) in [6, 6.07) is 1.68. The van der Waals surface area contributed by atoms with Crippen LogP contribution < -0.4 is 5.73 Å². The largest absolute Gasteiger partial charge is 0.327 e. The van der Waals surface area contributed by atoms with E-state index in [1.165, 1.54) is 12.2 Å². The molecule has 0 fully saturated rings. The zero-order chi connectivity index (χ0) is 9.56. The van der Waals surface area contributed by atoms with Crippen LogP contribution in [0.4, 0.5) is 4.39 Å². The molecule has 0 radical (unpaired) electrons. The number of halogens is 1. The summed E-state index contributed by atoms with van der Waals surface area (Å²) in [7, 11) is 0. The predicted molar refractivity (Wildman–Crippen MR) is 46.8 cm³/mol. The van der Waals surface area contributed by atoms with E-state index in [4.69, 9.17) is 11.0 Å². The SMILES string of the molecule is C=C/C(C#N)=C(F)\C=C(\C)CN. The molecule has 3 heteroatoms. The molecule has 0 aromatic rings. The molecule has 0 aliphatic rings. The van der Waals surface area contributed by atoms with Gasteiger partial charge in [-0.2, -0.15) is 5.26 Å². The number of hydrogen-bond donors (Lipinski definition) is 1. The van der Waals surface area contributed by atoms with Gasteiger partial charge < -0.3 is 5.73 Å². The molecule has 0 unspecified atom stereocenters. The maximum absolute atomic E-state index is 13.0. The second-order valence-electron chi connectivity index (χ2n) is 2.27. The van der Waals surface area contributed by atoms with Gasteiger partial charge >= 0.3 is 0 Å². The van der Waals surface area contributed by atoms with E-state index in [9.17, 15) is 4.39 Å². The highest BCUT2D eigenvalue weighted by molar-refractivity contribution is 5.39. The summed E-state index contributed by atoms with van der Waals surface area (Å²) < 4.78 is 13.0. The number of nitrogens with zero attached hydrogens (tertiary/aromatic N) is 1. The zero-order valence-corrected chi connectivity index (χ0v) is 6.97.